The summed E-state index contributed by atoms with van der Waals surface area (Å²) < 4.78 is 0. The van der Waals surface area contributed by atoms with Crippen LogP contribution in [0.25, 0.3) is 0 Å². The summed E-state index contributed by atoms with van der Waals surface area (Å²) in [7, 11) is 4.03. The quantitative estimate of drug-likeness (QED) is 0.810. The molecule has 1 aliphatic carbocycles. The van der Waals surface area contributed by atoms with Crippen molar-refractivity contribution in [2.75, 3.05) is 27.2 Å². The zero-order valence-corrected chi connectivity index (χ0v) is 10.9. The van der Waals surface area contributed by atoms with Gasteiger partial charge in [-0.25, -0.2) is 4.79 Å². The summed E-state index contributed by atoms with van der Waals surface area (Å²) in [6.07, 6.45) is 8.61. The van der Waals surface area contributed by atoms with Gasteiger partial charge >= 0.3 is 6.03 Å². The lowest BCUT2D eigenvalue weighted by atomic mass is 10.0. The van der Waals surface area contributed by atoms with E-state index in [0.29, 0.717) is 12.0 Å². The van der Waals surface area contributed by atoms with Crippen LogP contribution in [0.2, 0.25) is 0 Å². The fourth-order valence-electron chi connectivity index (χ4n) is 2.19. The van der Waals surface area contributed by atoms with Crippen molar-refractivity contribution in [3.8, 4) is 0 Å². The van der Waals surface area contributed by atoms with Gasteiger partial charge in [-0.1, -0.05) is 6.08 Å². The molecule has 2 fully saturated rings. The van der Waals surface area contributed by atoms with Crippen LogP contribution in [0.5, 0.6) is 0 Å². The third-order valence-electron chi connectivity index (χ3n) is 3.75. The summed E-state index contributed by atoms with van der Waals surface area (Å²) in [5.74, 6) is 0.712. The fourth-order valence-corrected chi connectivity index (χ4v) is 2.19. The number of carbonyl (C=O) groups is 1. The van der Waals surface area contributed by atoms with Crippen molar-refractivity contribution in [2.24, 2.45) is 5.92 Å². The Labute approximate surface area is 104 Å². The van der Waals surface area contributed by atoms with E-state index in [-0.39, 0.29) is 6.03 Å². The van der Waals surface area contributed by atoms with Crippen LogP contribution in [0.15, 0.2) is 12.3 Å². The van der Waals surface area contributed by atoms with Gasteiger partial charge in [0.1, 0.15) is 0 Å². The van der Waals surface area contributed by atoms with E-state index in [1.54, 1.807) is 0 Å². The van der Waals surface area contributed by atoms with Crippen molar-refractivity contribution in [3.05, 3.63) is 12.3 Å². The average Bonchev–Trinajstić information content (AvgIpc) is 3.13. The second-order valence-electron chi connectivity index (χ2n) is 5.29. The Morgan fingerprint density at radius 3 is 2.53 bits per heavy atom. The number of rotatable bonds is 3. The minimum absolute atomic E-state index is 0.0245. The van der Waals surface area contributed by atoms with Gasteiger partial charge in [0.25, 0.3) is 0 Å². The first-order valence-electron chi connectivity index (χ1n) is 6.55. The van der Waals surface area contributed by atoms with Crippen molar-refractivity contribution < 1.29 is 4.79 Å². The molecule has 1 saturated carbocycles. The summed E-state index contributed by atoms with van der Waals surface area (Å²) in [6.45, 7) is 2.17. The number of hydrogen-bond acceptors (Lipinski definition) is 2. The van der Waals surface area contributed by atoms with Gasteiger partial charge < -0.3 is 15.1 Å². The van der Waals surface area contributed by atoms with Crippen molar-refractivity contribution in [1.29, 1.82) is 0 Å². The number of carbonyl (C=O) groups excluding carboxylic acids is 1. The molecule has 0 unspecified atom stereocenters. The van der Waals surface area contributed by atoms with Crippen molar-refractivity contribution >= 4 is 6.03 Å². The molecule has 2 amide bonds. The molecule has 0 spiro atoms. The number of nitrogens with one attached hydrogen (secondary N) is 1. The first-order chi connectivity index (χ1) is 8.16. The minimum atomic E-state index is 0.0245. The third-order valence-corrected chi connectivity index (χ3v) is 3.75. The number of urea groups is 1. The molecule has 1 aliphatic heterocycles. The molecule has 1 N–H and O–H groups in total. The van der Waals surface area contributed by atoms with E-state index in [2.05, 4.69) is 23.3 Å². The van der Waals surface area contributed by atoms with Crippen LogP contribution >= 0.6 is 0 Å². The maximum absolute atomic E-state index is 11.9. The Morgan fingerprint density at radius 1 is 1.29 bits per heavy atom. The summed E-state index contributed by atoms with van der Waals surface area (Å²) >= 11 is 0. The Bertz CT molecular complexity index is 291. The van der Waals surface area contributed by atoms with Crippen molar-refractivity contribution in [2.45, 2.75) is 31.7 Å². The van der Waals surface area contributed by atoms with Gasteiger partial charge in [-0.3, -0.25) is 0 Å². The van der Waals surface area contributed by atoms with Crippen LogP contribution in [-0.2, 0) is 0 Å². The van der Waals surface area contributed by atoms with E-state index >= 15 is 0 Å². The largest absolute Gasteiger partial charge is 0.325 e. The number of nitrogens with zero attached hydrogens (tertiary/aromatic N) is 2. The molecule has 2 aliphatic rings. The Hall–Kier alpha value is -1.03. The molecule has 0 radical (unpaired) electrons. The van der Waals surface area contributed by atoms with Gasteiger partial charge in [0.2, 0.25) is 0 Å². The molecule has 0 aromatic carbocycles. The number of allylic oxidation sites excluding steroid dienone is 1. The number of likely N-dealkylation sites (tertiary alicyclic amines) is 1. The molecule has 0 aromatic heterocycles. The summed E-state index contributed by atoms with van der Waals surface area (Å²) in [4.78, 5) is 16.0. The van der Waals surface area contributed by atoms with Gasteiger partial charge in [0.05, 0.1) is 0 Å². The second-order valence-corrected chi connectivity index (χ2v) is 5.29. The predicted octanol–water partition coefficient (Wildman–Crippen LogP) is 1.65. The lowest BCUT2D eigenvalue weighted by Crippen LogP contribution is -2.47. The second kappa shape index (κ2) is 5.54. The van der Waals surface area contributed by atoms with E-state index in [1.807, 2.05) is 18.1 Å². The Kier molecular flexibility index (Phi) is 4.05. The molecule has 2 rings (SSSR count). The molecule has 0 aromatic rings. The molecular weight excluding hydrogens is 214 g/mol. The molecular formula is C13H23N3O. The smallest absolute Gasteiger partial charge is 0.321 e. The van der Waals surface area contributed by atoms with Gasteiger partial charge in [-0.05, 0) is 51.7 Å². The number of amides is 2. The van der Waals surface area contributed by atoms with E-state index in [9.17, 15) is 4.79 Å². The third kappa shape index (κ3) is 3.73. The first-order valence-corrected chi connectivity index (χ1v) is 6.55. The standard InChI is InChI=1S/C13H23N3O/c1-15-9-6-12(7-10-15)16(2)13(17)14-8-5-11-3-4-11/h5,8,11-12H,3-4,6-7,9-10H2,1-2H3,(H,14,17)/b8-5+. The summed E-state index contributed by atoms with van der Waals surface area (Å²) in [5.41, 5.74) is 0. The first kappa shape index (κ1) is 12.4. The van der Waals surface area contributed by atoms with Crippen LogP contribution in [0.1, 0.15) is 25.7 Å². The molecule has 0 bridgehead atoms. The SMILES string of the molecule is CN1CCC(N(C)C(=O)N/C=C/C2CC2)CC1. The highest BCUT2D eigenvalue weighted by Gasteiger charge is 2.23. The number of piperidine rings is 1. The Morgan fingerprint density at radius 2 is 1.94 bits per heavy atom. The van der Waals surface area contributed by atoms with Crippen molar-refractivity contribution in [1.82, 2.24) is 15.1 Å². The van der Waals surface area contributed by atoms with Gasteiger partial charge in [0.15, 0.2) is 0 Å². The molecule has 1 saturated heterocycles. The topological polar surface area (TPSA) is 35.6 Å². The zero-order chi connectivity index (χ0) is 12.3. The van der Waals surface area contributed by atoms with Crippen LogP contribution in [0, 0.1) is 5.92 Å². The van der Waals surface area contributed by atoms with Gasteiger partial charge in [-0.15, -0.1) is 0 Å². The lowest BCUT2D eigenvalue weighted by molar-refractivity contribution is 0.150. The maximum Gasteiger partial charge on any atom is 0.321 e. The molecule has 0 atom stereocenters. The van der Waals surface area contributed by atoms with Crippen LogP contribution < -0.4 is 5.32 Å². The molecule has 4 heteroatoms. The fraction of sp³-hybridized carbons (Fsp3) is 0.769. The average molecular weight is 237 g/mol. The highest BCUT2D eigenvalue weighted by Crippen LogP contribution is 2.29. The van der Waals surface area contributed by atoms with Crippen LogP contribution in [0.4, 0.5) is 4.79 Å². The lowest BCUT2D eigenvalue weighted by Gasteiger charge is -2.34. The molecule has 1 heterocycles. The number of hydrogen-bond donors (Lipinski definition) is 1. The maximum atomic E-state index is 11.9. The highest BCUT2D eigenvalue weighted by atomic mass is 16.2. The van der Waals surface area contributed by atoms with E-state index in [1.165, 1.54) is 12.8 Å². The van der Waals surface area contributed by atoms with Crippen molar-refractivity contribution in [3.63, 3.8) is 0 Å². The summed E-state index contributed by atoms with van der Waals surface area (Å²) in [5, 5.41) is 2.86. The van der Waals surface area contributed by atoms with Crippen LogP contribution in [0.3, 0.4) is 0 Å². The van der Waals surface area contributed by atoms with Gasteiger partial charge in [0, 0.05) is 19.3 Å². The van der Waals surface area contributed by atoms with E-state index in [0.717, 1.165) is 25.9 Å². The monoisotopic (exact) mass is 237 g/mol. The molecule has 4 nitrogen and oxygen atoms in total. The zero-order valence-electron chi connectivity index (χ0n) is 10.9. The Balaban J connectivity index is 1.73. The predicted molar refractivity (Wildman–Crippen MR) is 68.7 cm³/mol. The minimum Gasteiger partial charge on any atom is -0.325 e. The molecule has 17 heavy (non-hydrogen) atoms. The van der Waals surface area contributed by atoms with E-state index in [4.69, 9.17) is 0 Å². The van der Waals surface area contributed by atoms with Gasteiger partial charge in [-0.2, -0.15) is 0 Å². The highest BCUT2D eigenvalue weighted by molar-refractivity contribution is 5.75. The summed E-state index contributed by atoms with van der Waals surface area (Å²) in [6, 6.07) is 0.414. The molecule has 96 valence electrons. The van der Waals surface area contributed by atoms with Crippen LogP contribution in [-0.4, -0.2) is 49.1 Å². The normalized spacial score (nSPS) is 22.9. The van der Waals surface area contributed by atoms with E-state index < -0.39 is 0 Å².